The van der Waals surface area contributed by atoms with Gasteiger partial charge in [-0.15, -0.1) is 12.4 Å². The van der Waals surface area contributed by atoms with Crippen molar-refractivity contribution in [2.45, 2.75) is 19.3 Å². The third-order valence-corrected chi connectivity index (χ3v) is 2.16. The van der Waals surface area contributed by atoms with Gasteiger partial charge in [-0.05, 0) is 19.3 Å². The van der Waals surface area contributed by atoms with Crippen molar-refractivity contribution < 1.29 is 8.97 Å². The van der Waals surface area contributed by atoms with Gasteiger partial charge in [-0.3, -0.25) is 0 Å². The van der Waals surface area contributed by atoms with Crippen LogP contribution in [0.4, 0.5) is 0 Å². The first-order valence-electron chi connectivity index (χ1n) is 5.32. The van der Waals surface area contributed by atoms with Crippen LogP contribution in [0.2, 0.25) is 0 Å². The molecular weight excluding hydrogens is 196 g/mol. The van der Waals surface area contributed by atoms with E-state index >= 15 is 0 Å². The smallest absolute Gasteiger partial charge is 0.0780 e. The van der Waals surface area contributed by atoms with E-state index in [-0.39, 0.29) is 12.4 Å². The molecule has 0 atom stereocenters. The monoisotopic (exact) mass is 224 g/mol. The molecule has 0 aromatic rings. The van der Waals surface area contributed by atoms with Crippen LogP contribution in [0.1, 0.15) is 19.3 Å². The number of halogens is 1. The van der Waals surface area contributed by atoms with Crippen LogP contribution in [0.3, 0.4) is 0 Å². The predicted molar refractivity (Wildman–Crippen MR) is 66.9 cm³/mol. The summed E-state index contributed by atoms with van der Waals surface area (Å²) < 4.78 is 2.20. The van der Waals surface area contributed by atoms with Gasteiger partial charge in [0.15, 0.2) is 0 Å². The van der Waals surface area contributed by atoms with Crippen molar-refractivity contribution >= 4 is 12.4 Å². The summed E-state index contributed by atoms with van der Waals surface area (Å²) in [4.78, 5) is 0. The normalized spacial score (nSPS) is 12.4. The van der Waals surface area contributed by atoms with Gasteiger partial charge >= 0.3 is 0 Å². The van der Waals surface area contributed by atoms with Gasteiger partial charge in [0.05, 0.1) is 55.4 Å². The van der Waals surface area contributed by atoms with Crippen LogP contribution in [0.5, 0.6) is 0 Å². The summed E-state index contributed by atoms with van der Waals surface area (Å²) in [6.07, 6.45) is 4.11. The Kier molecular flexibility index (Phi) is 7.90. The standard InChI is InChI=1S/C11H28N2.ClH/c1-12(2,3)10-8-7-9-11-13(4,5)6;/h7-11H2,1-6H3;1H/q+2;. The maximum atomic E-state index is 2.26. The molecule has 0 aromatic heterocycles. The number of nitrogens with zero attached hydrogens (tertiary/aromatic N) is 2. The predicted octanol–water partition coefficient (Wildman–Crippen LogP) is 1.99. The van der Waals surface area contributed by atoms with Crippen LogP contribution in [-0.4, -0.2) is 64.3 Å². The lowest BCUT2D eigenvalue weighted by molar-refractivity contribution is -0.872. The van der Waals surface area contributed by atoms with Crippen LogP contribution < -0.4 is 0 Å². The Morgan fingerprint density at radius 2 is 0.857 bits per heavy atom. The molecule has 0 saturated carbocycles. The first-order valence-corrected chi connectivity index (χ1v) is 5.32. The van der Waals surface area contributed by atoms with Crippen molar-refractivity contribution in [3.8, 4) is 0 Å². The highest BCUT2D eigenvalue weighted by Crippen LogP contribution is 2.03. The maximum absolute atomic E-state index is 2.26. The number of hydrogen-bond acceptors (Lipinski definition) is 0. The average molecular weight is 225 g/mol. The Balaban J connectivity index is 0. The van der Waals surface area contributed by atoms with E-state index in [0.717, 1.165) is 8.97 Å². The number of rotatable bonds is 6. The first kappa shape index (κ1) is 16.6. The highest BCUT2D eigenvalue weighted by molar-refractivity contribution is 5.85. The second-order valence-electron chi connectivity index (χ2n) is 6.09. The molecule has 0 fully saturated rings. The highest BCUT2D eigenvalue weighted by atomic mass is 35.5. The largest absolute Gasteiger partial charge is 0.331 e. The van der Waals surface area contributed by atoms with E-state index in [1.54, 1.807) is 0 Å². The molecule has 0 saturated heterocycles. The van der Waals surface area contributed by atoms with E-state index in [1.165, 1.54) is 32.4 Å². The molecule has 0 aliphatic rings. The molecule has 0 radical (unpaired) electrons. The SMILES string of the molecule is C[N+](C)(C)CCCCC[N+](C)(C)C.Cl. The molecule has 0 unspecified atom stereocenters. The zero-order valence-electron chi connectivity index (χ0n) is 10.8. The fourth-order valence-corrected chi connectivity index (χ4v) is 1.35. The van der Waals surface area contributed by atoms with Gasteiger partial charge in [0.1, 0.15) is 0 Å². The second kappa shape index (κ2) is 6.65. The molecule has 14 heavy (non-hydrogen) atoms. The molecule has 88 valence electrons. The third-order valence-electron chi connectivity index (χ3n) is 2.16. The average Bonchev–Trinajstić information content (AvgIpc) is 1.81. The highest BCUT2D eigenvalue weighted by Gasteiger charge is 2.08. The van der Waals surface area contributed by atoms with Gasteiger partial charge < -0.3 is 8.97 Å². The molecule has 0 N–H and O–H groups in total. The topological polar surface area (TPSA) is 0 Å². The fraction of sp³-hybridized carbons (Fsp3) is 1.00. The molecule has 0 heterocycles. The number of hydrogen-bond donors (Lipinski definition) is 0. The molecule has 3 heteroatoms. The minimum absolute atomic E-state index is 0. The summed E-state index contributed by atoms with van der Waals surface area (Å²) >= 11 is 0. The quantitative estimate of drug-likeness (QED) is 0.478. The Morgan fingerprint density at radius 1 is 0.571 bits per heavy atom. The summed E-state index contributed by atoms with van der Waals surface area (Å²) in [5.74, 6) is 0. The van der Waals surface area contributed by atoms with E-state index in [2.05, 4.69) is 42.3 Å². The van der Waals surface area contributed by atoms with Crippen molar-refractivity contribution in [2.24, 2.45) is 0 Å². The van der Waals surface area contributed by atoms with Crippen LogP contribution in [0.15, 0.2) is 0 Å². The van der Waals surface area contributed by atoms with Crippen molar-refractivity contribution in [1.29, 1.82) is 0 Å². The van der Waals surface area contributed by atoms with Crippen LogP contribution >= 0.6 is 12.4 Å². The lowest BCUT2D eigenvalue weighted by Crippen LogP contribution is -2.36. The lowest BCUT2D eigenvalue weighted by atomic mass is 10.2. The minimum atomic E-state index is 0. The summed E-state index contributed by atoms with van der Waals surface area (Å²) in [7, 11) is 13.6. The van der Waals surface area contributed by atoms with Crippen LogP contribution in [0.25, 0.3) is 0 Å². The van der Waals surface area contributed by atoms with Gasteiger partial charge in [0, 0.05) is 0 Å². The Hall–Kier alpha value is 0.210. The minimum Gasteiger partial charge on any atom is -0.331 e. The van der Waals surface area contributed by atoms with Gasteiger partial charge in [-0.1, -0.05) is 0 Å². The Bertz CT molecular complexity index is 117. The van der Waals surface area contributed by atoms with E-state index in [9.17, 15) is 0 Å². The zero-order valence-corrected chi connectivity index (χ0v) is 11.7. The van der Waals surface area contributed by atoms with Gasteiger partial charge in [0.2, 0.25) is 0 Å². The second-order valence-corrected chi connectivity index (χ2v) is 6.09. The Morgan fingerprint density at radius 3 is 1.07 bits per heavy atom. The summed E-state index contributed by atoms with van der Waals surface area (Å²) in [6, 6.07) is 0. The number of quaternary nitrogens is 2. The fourth-order valence-electron chi connectivity index (χ4n) is 1.35. The van der Waals surface area contributed by atoms with Gasteiger partial charge in [-0.25, -0.2) is 0 Å². The maximum Gasteiger partial charge on any atom is 0.0780 e. The van der Waals surface area contributed by atoms with Crippen LogP contribution in [-0.2, 0) is 0 Å². The van der Waals surface area contributed by atoms with Crippen molar-refractivity contribution in [1.82, 2.24) is 0 Å². The van der Waals surface area contributed by atoms with Crippen molar-refractivity contribution in [3.63, 3.8) is 0 Å². The molecule has 0 amide bonds. The molecule has 0 bridgehead atoms. The molecule has 0 aliphatic heterocycles. The van der Waals surface area contributed by atoms with Gasteiger partial charge in [0.25, 0.3) is 0 Å². The van der Waals surface area contributed by atoms with Gasteiger partial charge in [-0.2, -0.15) is 0 Å². The molecule has 0 spiro atoms. The summed E-state index contributed by atoms with van der Waals surface area (Å²) in [5.41, 5.74) is 0. The van der Waals surface area contributed by atoms with Crippen molar-refractivity contribution in [3.05, 3.63) is 0 Å². The van der Waals surface area contributed by atoms with E-state index in [4.69, 9.17) is 0 Å². The number of unbranched alkanes of at least 4 members (excludes halogenated alkanes) is 2. The van der Waals surface area contributed by atoms with E-state index in [1.807, 2.05) is 0 Å². The van der Waals surface area contributed by atoms with E-state index < -0.39 is 0 Å². The van der Waals surface area contributed by atoms with Crippen LogP contribution in [0, 0.1) is 0 Å². The molecule has 0 aromatic carbocycles. The molecule has 0 rings (SSSR count). The summed E-state index contributed by atoms with van der Waals surface area (Å²) in [5, 5.41) is 0. The summed E-state index contributed by atoms with van der Waals surface area (Å²) in [6.45, 7) is 2.61. The van der Waals surface area contributed by atoms with Crippen molar-refractivity contribution in [2.75, 3.05) is 55.4 Å². The van der Waals surface area contributed by atoms with E-state index in [0.29, 0.717) is 0 Å². The molecular formula is C11H29ClN2+2. The third kappa shape index (κ3) is 14.7. The molecule has 0 aliphatic carbocycles. The Labute approximate surface area is 96.5 Å². The zero-order chi connectivity index (χ0) is 10.5. The molecule has 2 nitrogen and oxygen atoms in total. The first-order chi connectivity index (χ1) is 5.71. The lowest BCUT2D eigenvalue weighted by Gasteiger charge is -2.25.